The molecule has 0 bridgehead atoms. The number of likely N-dealkylation sites (tertiary alicyclic amines) is 1. The third-order valence-corrected chi connectivity index (χ3v) is 8.13. The van der Waals surface area contributed by atoms with Crippen molar-refractivity contribution >= 4 is 28.6 Å². The summed E-state index contributed by atoms with van der Waals surface area (Å²) in [6.07, 6.45) is 10.1. The van der Waals surface area contributed by atoms with E-state index in [0.717, 1.165) is 85.7 Å². The van der Waals surface area contributed by atoms with Gasteiger partial charge in [0.15, 0.2) is 5.09 Å². The second-order valence-electron chi connectivity index (χ2n) is 9.42. The number of pyridine rings is 1. The van der Waals surface area contributed by atoms with Gasteiger partial charge in [0.2, 0.25) is 0 Å². The lowest BCUT2D eigenvalue weighted by atomic mass is 9.79. The maximum atomic E-state index is 11.3. The van der Waals surface area contributed by atoms with Gasteiger partial charge in [-0.1, -0.05) is 11.8 Å². The van der Waals surface area contributed by atoms with E-state index < -0.39 is 5.97 Å². The molecule has 0 spiro atoms. The molecule has 2 atom stereocenters. The zero-order valence-electron chi connectivity index (χ0n) is 20.5. The summed E-state index contributed by atoms with van der Waals surface area (Å²) >= 11 is 1.76. The highest BCUT2D eigenvalue weighted by Gasteiger charge is 2.29. The Hall–Kier alpha value is -2.51. The molecule has 4 rings (SSSR count). The molecule has 0 aliphatic carbocycles. The molecule has 6 nitrogen and oxygen atoms in total. The Morgan fingerprint density at radius 2 is 2.14 bits per heavy atom. The largest absolute Gasteiger partial charge is 0.497 e. The van der Waals surface area contributed by atoms with Gasteiger partial charge in [-0.25, -0.2) is 0 Å². The van der Waals surface area contributed by atoms with Crippen molar-refractivity contribution in [2.45, 2.75) is 50.0 Å². The topological polar surface area (TPSA) is 75.8 Å². The molecule has 0 radical (unpaired) electrons. The molecule has 3 aromatic rings. The first-order valence-electron chi connectivity index (χ1n) is 12.6. The molecule has 7 heteroatoms. The summed E-state index contributed by atoms with van der Waals surface area (Å²) < 4.78 is 10.8. The van der Waals surface area contributed by atoms with Crippen molar-refractivity contribution < 1.29 is 19.1 Å². The third kappa shape index (κ3) is 7.48. The predicted octanol–water partition coefficient (Wildman–Crippen LogP) is 6.14. The minimum absolute atomic E-state index is 0.262. The van der Waals surface area contributed by atoms with E-state index in [4.69, 9.17) is 9.15 Å². The minimum atomic E-state index is -0.687. The van der Waals surface area contributed by atoms with E-state index in [1.165, 1.54) is 5.56 Å². The maximum absolute atomic E-state index is 11.3. The van der Waals surface area contributed by atoms with Gasteiger partial charge >= 0.3 is 5.97 Å². The number of nitrogens with zero attached hydrogens (tertiary/aromatic N) is 2. The molecule has 1 fully saturated rings. The highest BCUT2D eigenvalue weighted by molar-refractivity contribution is 7.99. The number of fused-ring (bicyclic) bond motifs is 1. The molecule has 188 valence electrons. The van der Waals surface area contributed by atoms with E-state index in [1.807, 2.05) is 30.5 Å². The van der Waals surface area contributed by atoms with Crippen LogP contribution in [0.4, 0.5) is 0 Å². The number of hydrogen-bond donors (Lipinski definition) is 1. The van der Waals surface area contributed by atoms with Crippen LogP contribution in [0.5, 0.6) is 5.75 Å². The number of aryl methyl sites for hydroxylation is 1. The minimum Gasteiger partial charge on any atom is -0.497 e. The van der Waals surface area contributed by atoms with Gasteiger partial charge < -0.3 is 19.2 Å². The molecule has 1 N–H and O–H groups in total. The Labute approximate surface area is 212 Å². The first-order chi connectivity index (χ1) is 17.1. The fourth-order valence-electron chi connectivity index (χ4n) is 5.26. The van der Waals surface area contributed by atoms with Gasteiger partial charge in [-0.15, -0.1) is 0 Å². The van der Waals surface area contributed by atoms with Crippen LogP contribution in [0.1, 0.15) is 44.1 Å². The van der Waals surface area contributed by atoms with Gasteiger partial charge in [0.05, 0.1) is 18.9 Å². The lowest BCUT2D eigenvalue weighted by molar-refractivity contribution is -0.137. The average molecular weight is 497 g/mol. The van der Waals surface area contributed by atoms with Gasteiger partial charge in [-0.05, 0) is 105 Å². The number of aromatic nitrogens is 1. The molecule has 1 aliphatic rings. The Balaban J connectivity index is 1.29. The zero-order chi connectivity index (χ0) is 24.5. The molecule has 0 saturated carbocycles. The summed E-state index contributed by atoms with van der Waals surface area (Å²) in [7, 11) is 1.69. The van der Waals surface area contributed by atoms with Gasteiger partial charge in [-0.3, -0.25) is 9.78 Å². The lowest BCUT2D eigenvalue weighted by Crippen LogP contribution is -2.41. The van der Waals surface area contributed by atoms with Crippen molar-refractivity contribution in [3.05, 3.63) is 54.4 Å². The van der Waals surface area contributed by atoms with Gasteiger partial charge in [0.25, 0.3) is 0 Å². The SMILES string of the molecule is COc1ccc2nccc(CCCC3CCN(CCCSc4ccco4)CC3CCC(=O)O)c2c1. The van der Waals surface area contributed by atoms with Crippen molar-refractivity contribution in [1.82, 2.24) is 9.88 Å². The van der Waals surface area contributed by atoms with E-state index in [-0.39, 0.29) is 6.42 Å². The van der Waals surface area contributed by atoms with Crippen molar-refractivity contribution in [2.75, 3.05) is 32.5 Å². The van der Waals surface area contributed by atoms with Crippen LogP contribution in [0.15, 0.2) is 58.4 Å². The van der Waals surface area contributed by atoms with Crippen LogP contribution < -0.4 is 4.74 Å². The molecule has 3 heterocycles. The smallest absolute Gasteiger partial charge is 0.303 e. The molecular formula is C28H36N2O4S. The number of benzene rings is 1. The Morgan fingerprint density at radius 3 is 2.94 bits per heavy atom. The number of thioether (sulfide) groups is 1. The second-order valence-corrected chi connectivity index (χ2v) is 10.5. The van der Waals surface area contributed by atoms with E-state index >= 15 is 0 Å². The number of ether oxygens (including phenoxy) is 1. The quantitative estimate of drug-likeness (QED) is 0.225. The molecule has 0 amide bonds. The fourth-order valence-corrected chi connectivity index (χ4v) is 6.04. The normalized spacial score (nSPS) is 18.7. The molecule has 1 aromatic carbocycles. The van der Waals surface area contributed by atoms with Crippen LogP contribution >= 0.6 is 11.8 Å². The van der Waals surface area contributed by atoms with E-state index in [0.29, 0.717) is 11.8 Å². The van der Waals surface area contributed by atoms with Crippen LogP contribution in [0, 0.1) is 11.8 Å². The standard InChI is InChI=1S/C28H36N2O4S/c1-33-24-9-10-26-25(19-24)22(12-14-29-26)6-2-5-21-13-16-30(20-23(21)8-11-27(31)32)15-4-18-35-28-7-3-17-34-28/h3,7,9-10,12,14,17,19,21,23H,2,4-6,8,11,13,15-16,18,20H2,1H3,(H,31,32). The van der Waals surface area contributed by atoms with Crippen molar-refractivity contribution in [1.29, 1.82) is 0 Å². The number of carbonyl (C=O) groups is 1. The number of hydrogen-bond acceptors (Lipinski definition) is 6. The summed E-state index contributed by atoms with van der Waals surface area (Å²) in [6.45, 7) is 3.18. The van der Waals surface area contributed by atoms with Gasteiger partial charge in [0.1, 0.15) is 5.75 Å². The molecule has 2 unspecified atom stereocenters. The summed E-state index contributed by atoms with van der Waals surface area (Å²) in [6, 6.07) is 12.1. The monoisotopic (exact) mass is 496 g/mol. The number of rotatable bonds is 13. The Kier molecular flexibility index (Phi) is 9.49. The third-order valence-electron chi connectivity index (χ3n) is 7.12. The summed E-state index contributed by atoms with van der Waals surface area (Å²) in [5, 5.41) is 11.4. The molecular weight excluding hydrogens is 460 g/mol. The number of methoxy groups -OCH3 is 1. The lowest BCUT2D eigenvalue weighted by Gasteiger charge is -2.39. The fraction of sp³-hybridized carbons (Fsp3) is 0.500. The first kappa shape index (κ1) is 25.6. The zero-order valence-corrected chi connectivity index (χ0v) is 21.3. The Bertz CT molecular complexity index is 1070. The summed E-state index contributed by atoms with van der Waals surface area (Å²) in [4.78, 5) is 18.3. The van der Waals surface area contributed by atoms with Crippen molar-refractivity contribution in [2.24, 2.45) is 11.8 Å². The summed E-state index contributed by atoms with van der Waals surface area (Å²) in [5.74, 6) is 2.25. The van der Waals surface area contributed by atoms with E-state index in [1.54, 1.807) is 25.1 Å². The van der Waals surface area contributed by atoms with E-state index in [9.17, 15) is 9.90 Å². The number of aliphatic carboxylic acids is 1. The molecule has 35 heavy (non-hydrogen) atoms. The number of furan rings is 1. The summed E-state index contributed by atoms with van der Waals surface area (Å²) in [5.41, 5.74) is 2.31. The van der Waals surface area contributed by atoms with E-state index in [2.05, 4.69) is 22.0 Å². The Morgan fingerprint density at radius 1 is 1.23 bits per heavy atom. The highest BCUT2D eigenvalue weighted by atomic mass is 32.2. The number of piperidine rings is 1. The van der Waals surface area contributed by atoms with Crippen LogP contribution in [0.3, 0.4) is 0 Å². The van der Waals surface area contributed by atoms with Crippen molar-refractivity contribution in [3.8, 4) is 5.75 Å². The number of carboxylic acids is 1. The maximum Gasteiger partial charge on any atom is 0.303 e. The highest BCUT2D eigenvalue weighted by Crippen LogP contribution is 2.32. The molecule has 1 saturated heterocycles. The van der Waals surface area contributed by atoms with Crippen LogP contribution in [0.2, 0.25) is 0 Å². The number of carboxylic acid groups (broad SMARTS) is 1. The van der Waals surface area contributed by atoms with Crippen LogP contribution in [0.25, 0.3) is 10.9 Å². The van der Waals surface area contributed by atoms with Gasteiger partial charge in [0, 0.05) is 30.3 Å². The first-order valence-corrected chi connectivity index (χ1v) is 13.6. The van der Waals surface area contributed by atoms with Crippen LogP contribution in [-0.4, -0.2) is 53.5 Å². The van der Waals surface area contributed by atoms with Crippen molar-refractivity contribution in [3.63, 3.8) is 0 Å². The second kappa shape index (κ2) is 13.0. The molecule has 1 aliphatic heterocycles. The van der Waals surface area contributed by atoms with Crippen LogP contribution in [-0.2, 0) is 11.2 Å². The van der Waals surface area contributed by atoms with Gasteiger partial charge in [-0.2, -0.15) is 0 Å². The molecule has 2 aromatic heterocycles. The predicted molar refractivity (Wildman–Crippen MR) is 140 cm³/mol. The average Bonchev–Trinajstić information content (AvgIpc) is 3.39.